The maximum Gasteiger partial charge on any atom is 0.0796 e. The molecule has 0 saturated heterocycles. The van der Waals surface area contributed by atoms with Crippen LogP contribution in [0.3, 0.4) is 0 Å². The topological polar surface area (TPSA) is 12.0 Å². The number of hydrogen-bond acceptors (Lipinski definition) is 1. The van der Waals surface area contributed by atoms with Crippen LogP contribution < -0.4 is 10.5 Å². The van der Waals surface area contributed by atoms with Crippen LogP contribution in [0.25, 0.3) is 0 Å². The van der Waals surface area contributed by atoms with E-state index in [0.29, 0.717) is 0 Å². The Morgan fingerprint density at radius 2 is 1.36 bits per heavy atom. The molecule has 1 unspecified atom stereocenters. The van der Waals surface area contributed by atoms with Crippen LogP contribution in [0.2, 0.25) is 13.1 Å². The van der Waals surface area contributed by atoms with Crippen LogP contribution in [0.1, 0.15) is 66.1 Å². The molecule has 2 heteroatoms. The van der Waals surface area contributed by atoms with E-state index in [2.05, 4.69) is 140 Å². The maximum atomic E-state index is 4.00. The Hall–Kier alpha value is -2.84. The molecule has 1 aliphatic rings. The van der Waals surface area contributed by atoms with Gasteiger partial charge in [-0.05, 0) is 99.4 Å². The average molecular weight is 493 g/mol. The lowest BCUT2D eigenvalue weighted by atomic mass is 9.61. The van der Waals surface area contributed by atoms with Gasteiger partial charge in [0.05, 0.1) is 14.2 Å². The summed E-state index contributed by atoms with van der Waals surface area (Å²) in [5.74, 6) is 0. The summed E-state index contributed by atoms with van der Waals surface area (Å²) in [5.41, 5.74) is 12.0. The van der Waals surface area contributed by atoms with Crippen LogP contribution in [0.4, 0.5) is 5.69 Å². The lowest BCUT2D eigenvalue weighted by Crippen LogP contribution is -2.42. The summed E-state index contributed by atoms with van der Waals surface area (Å²) in [6.45, 7) is 20.9. The van der Waals surface area contributed by atoms with Gasteiger partial charge in [-0.1, -0.05) is 91.1 Å². The first kappa shape index (κ1) is 26.2. The quantitative estimate of drug-likeness (QED) is 0.269. The standard InChI is InChI=1S/C34H42NSi/c1-23-24(2)26(4)32(35-33(5,6)7)31(25(23)3)34(28-19-13-14-20-28,27-17-11-10-12-18-27)29-21-15-16-22-30(29)36(8)9/h10-19,21-22,35H,20H2,1-9H3. The SMILES string of the molecule is Cc1c(C)c(C)c(C(C2=CC=CC2)(c2ccccc2)c2ccccc2[Si](C)C)c(NC(C)(C)C)c1C. The Balaban J connectivity index is 2.30. The van der Waals surface area contributed by atoms with E-state index in [1.165, 1.54) is 55.4 Å². The zero-order chi connectivity index (χ0) is 26.3. The molecule has 3 aromatic carbocycles. The molecule has 0 aliphatic heterocycles. The third-order valence-electron chi connectivity index (χ3n) is 7.89. The molecule has 4 rings (SSSR count). The molecular formula is C34H42NSi. The third-order valence-corrected chi connectivity index (χ3v) is 9.41. The van der Waals surface area contributed by atoms with Gasteiger partial charge >= 0.3 is 0 Å². The van der Waals surface area contributed by atoms with Gasteiger partial charge in [0.15, 0.2) is 0 Å². The summed E-state index contributed by atoms with van der Waals surface area (Å²) < 4.78 is 0. The molecule has 1 radical (unpaired) electrons. The minimum Gasteiger partial charge on any atom is -0.380 e. The molecule has 0 amide bonds. The fraction of sp³-hybridized carbons (Fsp3) is 0.353. The van der Waals surface area contributed by atoms with E-state index in [9.17, 15) is 0 Å². The van der Waals surface area contributed by atoms with E-state index in [1.54, 1.807) is 0 Å². The minimum atomic E-state index is -0.723. The van der Waals surface area contributed by atoms with Gasteiger partial charge in [-0.2, -0.15) is 0 Å². The van der Waals surface area contributed by atoms with Crippen molar-refractivity contribution in [3.63, 3.8) is 0 Å². The van der Waals surface area contributed by atoms with Crippen LogP contribution >= 0.6 is 0 Å². The van der Waals surface area contributed by atoms with Gasteiger partial charge < -0.3 is 5.32 Å². The third kappa shape index (κ3) is 4.41. The van der Waals surface area contributed by atoms with Crippen molar-refractivity contribution in [2.24, 2.45) is 0 Å². The first-order valence-electron chi connectivity index (χ1n) is 13.2. The van der Waals surface area contributed by atoms with Crippen molar-refractivity contribution in [1.82, 2.24) is 0 Å². The molecule has 0 bridgehead atoms. The second-order valence-electron chi connectivity index (χ2n) is 11.6. The summed E-state index contributed by atoms with van der Waals surface area (Å²) in [4.78, 5) is 0. The smallest absolute Gasteiger partial charge is 0.0796 e. The van der Waals surface area contributed by atoms with E-state index in [-0.39, 0.29) is 11.0 Å². The molecular weight excluding hydrogens is 450 g/mol. The van der Waals surface area contributed by atoms with Crippen molar-refractivity contribution in [2.75, 3.05) is 5.32 Å². The fourth-order valence-corrected chi connectivity index (χ4v) is 7.16. The van der Waals surface area contributed by atoms with Crippen molar-refractivity contribution in [2.45, 2.75) is 78.9 Å². The predicted octanol–water partition coefficient (Wildman–Crippen LogP) is 8.31. The number of hydrogen-bond donors (Lipinski definition) is 1. The molecule has 0 saturated carbocycles. The van der Waals surface area contributed by atoms with Gasteiger partial charge in [0.2, 0.25) is 0 Å². The normalized spacial score (nSPS) is 15.2. The molecule has 0 aromatic heterocycles. The first-order chi connectivity index (χ1) is 17.0. The molecule has 0 fully saturated rings. The second-order valence-corrected chi connectivity index (χ2v) is 14.1. The van der Waals surface area contributed by atoms with Crippen molar-refractivity contribution in [1.29, 1.82) is 0 Å². The van der Waals surface area contributed by atoms with Gasteiger partial charge in [0.25, 0.3) is 0 Å². The molecule has 3 aromatic rings. The lowest BCUT2D eigenvalue weighted by Gasteiger charge is -2.44. The largest absolute Gasteiger partial charge is 0.380 e. The molecule has 36 heavy (non-hydrogen) atoms. The number of nitrogens with one attached hydrogen (secondary N) is 1. The second kappa shape index (κ2) is 9.90. The molecule has 1 atom stereocenters. The van der Waals surface area contributed by atoms with Crippen LogP contribution in [0.15, 0.2) is 78.4 Å². The van der Waals surface area contributed by atoms with Crippen LogP contribution in [0.5, 0.6) is 0 Å². The monoisotopic (exact) mass is 492 g/mol. The zero-order valence-corrected chi connectivity index (χ0v) is 24.6. The van der Waals surface area contributed by atoms with Crippen molar-refractivity contribution < 1.29 is 0 Å². The van der Waals surface area contributed by atoms with Crippen LogP contribution in [0, 0.1) is 27.7 Å². The van der Waals surface area contributed by atoms with Crippen LogP contribution in [-0.2, 0) is 5.41 Å². The lowest BCUT2D eigenvalue weighted by molar-refractivity contribution is 0.625. The maximum absolute atomic E-state index is 4.00. The highest BCUT2D eigenvalue weighted by Crippen LogP contribution is 2.52. The summed E-state index contributed by atoms with van der Waals surface area (Å²) in [7, 11) is -0.723. The number of benzene rings is 3. The molecule has 0 heterocycles. The van der Waals surface area contributed by atoms with Crippen molar-refractivity contribution >= 4 is 19.7 Å². The number of anilines is 1. The van der Waals surface area contributed by atoms with E-state index in [1.807, 2.05) is 0 Å². The predicted molar refractivity (Wildman–Crippen MR) is 160 cm³/mol. The van der Waals surface area contributed by atoms with E-state index in [0.717, 1.165) is 6.42 Å². The van der Waals surface area contributed by atoms with Crippen LogP contribution in [-0.4, -0.2) is 14.3 Å². The summed E-state index contributed by atoms with van der Waals surface area (Å²) in [6, 6.07) is 20.5. The molecule has 0 spiro atoms. The van der Waals surface area contributed by atoms with Gasteiger partial charge in [-0.25, -0.2) is 0 Å². The van der Waals surface area contributed by atoms with Gasteiger partial charge in [-0.3, -0.25) is 0 Å². The summed E-state index contributed by atoms with van der Waals surface area (Å²) in [5, 5.41) is 5.51. The minimum absolute atomic E-state index is 0.0671. The Kier molecular flexibility index (Phi) is 7.21. The average Bonchev–Trinajstić information content (AvgIpc) is 3.39. The summed E-state index contributed by atoms with van der Waals surface area (Å²) >= 11 is 0. The molecule has 1 N–H and O–H groups in total. The van der Waals surface area contributed by atoms with Crippen molar-refractivity contribution in [3.05, 3.63) is 117 Å². The molecule has 1 nitrogen and oxygen atoms in total. The Morgan fingerprint density at radius 3 is 1.94 bits per heavy atom. The Labute approximate surface area is 221 Å². The molecule has 1 aliphatic carbocycles. The Morgan fingerprint density at radius 1 is 0.750 bits per heavy atom. The number of allylic oxidation sites excluding steroid dienone is 4. The van der Waals surface area contributed by atoms with E-state index >= 15 is 0 Å². The highest BCUT2D eigenvalue weighted by Gasteiger charge is 2.45. The molecule has 187 valence electrons. The fourth-order valence-electron chi connectivity index (χ4n) is 5.93. The van der Waals surface area contributed by atoms with Crippen molar-refractivity contribution in [3.8, 4) is 0 Å². The van der Waals surface area contributed by atoms with E-state index < -0.39 is 8.80 Å². The Bertz CT molecular complexity index is 1320. The first-order valence-corrected chi connectivity index (χ1v) is 15.7. The van der Waals surface area contributed by atoms with Gasteiger partial charge in [0.1, 0.15) is 0 Å². The number of rotatable bonds is 6. The van der Waals surface area contributed by atoms with Gasteiger partial charge in [0, 0.05) is 11.2 Å². The highest BCUT2D eigenvalue weighted by molar-refractivity contribution is 6.71. The zero-order valence-electron chi connectivity index (χ0n) is 23.6. The highest BCUT2D eigenvalue weighted by atomic mass is 28.3. The van der Waals surface area contributed by atoms with Gasteiger partial charge in [-0.15, -0.1) is 0 Å². The van der Waals surface area contributed by atoms with E-state index in [4.69, 9.17) is 0 Å². The summed E-state index contributed by atoms with van der Waals surface area (Å²) in [6.07, 6.45) is 7.91.